The quantitative estimate of drug-likeness (QED) is 0.683. The van der Waals surface area contributed by atoms with Gasteiger partial charge in [-0.2, -0.15) is 0 Å². The second-order valence-electron chi connectivity index (χ2n) is 6.99. The molecule has 0 aromatic heterocycles. The lowest BCUT2D eigenvalue weighted by atomic mass is 10.1. The van der Waals surface area contributed by atoms with Gasteiger partial charge < -0.3 is 20.7 Å². The molecule has 1 saturated heterocycles. The number of para-hydroxylation sites is 1. The molecule has 1 heterocycles. The Morgan fingerprint density at radius 1 is 1.22 bits per heavy atom. The molecule has 150 valence electrons. The van der Waals surface area contributed by atoms with E-state index < -0.39 is 6.04 Å². The average molecular weight is 397 g/mol. The highest BCUT2D eigenvalue weighted by molar-refractivity contribution is 6.32. The molecule has 2 rings (SSSR count). The maximum Gasteiger partial charge on any atom is 0.242 e. The lowest BCUT2D eigenvalue weighted by Crippen LogP contribution is -2.53. The van der Waals surface area contributed by atoms with Crippen LogP contribution in [-0.2, 0) is 9.59 Å². The SMILES string of the molecule is CC(C)[C@H](N)C(=O)NCC(=O)N1CCN(CCOc2ccccc2Cl)CC1. The van der Waals surface area contributed by atoms with Gasteiger partial charge >= 0.3 is 0 Å². The Kier molecular flexibility index (Phi) is 8.34. The van der Waals surface area contributed by atoms with Crippen LogP contribution in [0.1, 0.15) is 13.8 Å². The zero-order valence-electron chi connectivity index (χ0n) is 16.0. The lowest BCUT2D eigenvalue weighted by molar-refractivity contribution is -0.134. The topological polar surface area (TPSA) is 87.9 Å². The van der Waals surface area contributed by atoms with Gasteiger partial charge in [0.1, 0.15) is 12.4 Å². The number of rotatable bonds is 8. The van der Waals surface area contributed by atoms with E-state index in [9.17, 15) is 9.59 Å². The predicted molar refractivity (Wildman–Crippen MR) is 106 cm³/mol. The molecule has 0 unspecified atom stereocenters. The predicted octanol–water partition coefficient (Wildman–Crippen LogP) is 0.963. The zero-order chi connectivity index (χ0) is 19.8. The number of piperazine rings is 1. The number of hydrogen-bond donors (Lipinski definition) is 2. The number of carbonyl (C=O) groups is 2. The van der Waals surface area contributed by atoms with Crippen LogP contribution < -0.4 is 15.8 Å². The Labute approximate surface area is 165 Å². The smallest absolute Gasteiger partial charge is 0.242 e. The highest BCUT2D eigenvalue weighted by atomic mass is 35.5. The van der Waals surface area contributed by atoms with Crippen molar-refractivity contribution in [2.45, 2.75) is 19.9 Å². The van der Waals surface area contributed by atoms with E-state index in [2.05, 4.69) is 10.2 Å². The molecule has 2 amide bonds. The third kappa shape index (κ3) is 6.68. The van der Waals surface area contributed by atoms with E-state index in [1.54, 1.807) is 11.0 Å². The molecule has 27 heavy (non-hydrogen) atoms. The van der Waals surface area contributed by atoms with Crippen LogP contribution in [0.5, 0.6) is 5.75 Å². The van der Waals surface area contributed by atoms with Gasteiger partial charge in [-0.15, -0.1) is 0 Å². The average Bonchev–Trinajstić information content (AvgIpc) is 2.67. The molecule has 0 saturated carbocycles. The maximum absolute atomic E-state index is 12.3. The number of carbonyl (C=O) groups excluding carboxylic acids is 2. The first-order valence-electron chi connectivity index (χ1n) is 9.29. The summed E-state index contributed by atoms with van der Waals surface area (Å²) in [5.74, 6) is 0.361. The minimum absolute atomic E-state index is 0.00509. The fourth-order valence-electron chi connectivity index (χ4n) is 2.76. The normalized spacial score (nSPS) is 16.3. The fraction of sp³-hybridized carbons (Fsp3) is 0.579. The van der Waals surface area contributed by atoms with Gasteiger partial charge in [-0.1, -0.05) is 37.6 Å². The Balaban J connectivity index is 1.65. The number of ether oxygens (including phenoxy) is 1. The van der Waals surface area contributed by atoms with E-state index in [1.165, 1.54) is 0 Å². The van der Waals surface area contributed by atoms with E-state index in [-0.39, 0.29) is 24.3 Å². The molecule has 1 aromatic carbocycles. The van der Waals surface area contributed by atoms with Gasteiger partial charge in [-0.3, -0.25) is 14.5 Å². The fourth-order valence-corrected chi connectivity index (χ4v) is 2.95. The lowest BCUT2D eigenvalue weighted by Gasteiger charge is -2.34. The van der Waals surface area contributed by atoms with Crippen molar-refractivity contribution < 1.29 is 14.3 Å². The van der Waals surface area contributed by atoms with E-state index >= 15 is 0 Å². The largest absolute Gasteiger partial charge is 0.491 e. The second-order valence-corrected chi connectivity index (χ2v) is 7.40. The standard InChI is InChI=1S/C19H29ClN4O3/c1-14(2)18(21)19(26)22-13-17(25)24-9-7-23(8-10-24)11-12-27-16-6-4-3-5-15(16)20/h3-6,14,18H,7-13,21H2,1-2H3,(H,22,26)/t18-/m0/s1. The van der Waals surface area contributed by atoms with Crippen LogP contribution in [0.3, 0.4) is 0 Å². The molecule has 0 spiro atoms. The first kappa shape index (κ1) is 21.5. The Bertz CT molecular complexity index is 633. The number of halogens is 1. The summed E-state index contributed by atoms with van der Waals surface area (Å²) in [6.45, 7) is 7.88. The van der Waals surface area contributed by atoms with Gasteiger partial charge in [0.2, 0.25) is 11.8 Å². The molecule has 7 nitrogen and oxygen atoms in total. The number of amides is 2. The third-order valence-corrected chi connectivity index (χ3v) is 4.97. The van der Waals surface area contributed by atoms with Crippen molar-refractivity contribution in [3.8, 4) is 5.75 Å². The van der Waals surface area contributed by atoms with E-state index in [0.717, 1.165) is 19.6 Å². The molecule has 1 aromatic rings. The Hall–Kier alpha value is -1.83. The summed E-state index contributed by atoms with van der Waals surface area (Å²) in [5.41, 5.74) is 5.78. The van der Waals surface area contributed by atoms with Gasteiger partial charge in [0.25, 0.3) is 0 Å². The monoisotopic (exact) mass is 396 g/mol. The number of nitrogens with zero attached hydrogens (tertiary/aromatic N) is 2. The van der Waals surface area contributed by atoms with Gasteiger partial charge in [-0.25, -0.2) is 0 Å². The minimum atomic E-state index is -0.590. The summed E-state index contributed by atoms with van der Waals surface area (Å²) in [5, 5.41) is 3.23. The number of hydrogen-bond acceptors (Lipinski definition) is 5. The van der Waals surface area contributed by atoms with Crippen molar-refractivity contribution in [3.63, 3.8) is 0 Å². The molecule has 0 bridgehead atoms. The van der Waals surface area contributed by atoms with Crippen LogP contribution in [0.2, 0.25) is 5.02 Å². The first-order chi connectivity index (χ1) is 12.9. The summed E-state index contributed by atoms with van der Waals surface area (Å²) >= 11 is 6.07. The van der Waals surface area contributed by atoms with E-state index in [0.29, 0.717) is 30.5 Å². The summed E-state index contributed by atoms with van der Waals surface area (Å²) < 4.78 is 5.71. The third-order valence-electron chi connectivity index (χ3n) is 4.66. The van der Waals surface area contributed by atoms with Crippen LogP contribution in [0.25, 0.3) is 0 Å². The maximum atomic E-state index is 12.3. The van der Waals surface area contributed by atoms with Gasteiger partial charge in [0.15, 0.2) is 0 Å². The van der Waals surface area contributed by atoms with Crippen molar-refractivity contribution >= 4 is 23.4 Å². The Morgan fingerprint density at radius 3 is 2.52 bits per heavy atom. The molecule has 8 heteroatoms. The minimum Gasteiger partial charge on any atom is -0.491 e. The van der Waals surface area contributed by atoms with Crippen LogP contribution in [0, 0.1) is 5.92 Å². The molecular formula is C19H29ClN4O3. The second kappa shape index (κ2) is 10.5. The molecule has 1 aliphatic heterocycles. The molecule has 1 aliphatic rings. The van der Waals surface area contributed by atoms with Crippen LogP contribution >= 0.6 is 11.6 Å². The van der Waals surface area contributed by atoms with Crippen molar-refractivity contribution in [3.05, 3.63) is 29.3 Å². The van der Waals surface area contributed by atoms with Gasteiger partial charge in [0, 0.05) is 32.7 Å². The van der Waals surface area contributed by atoms with Crippen LogP contribution in [-0.4, -0.2) is 73.5 Å². The molecule has 3 N–H and O–H groups in total. The molecule has 0 radical (unpaired) electrons. The summed E-state index contributed by atoms with van der Waals surface area (Å²) in [4.78, 5) is 28.1. The van der Waals surface area contributed by atoms with E-state index in [4.69, 9.17) is 22.1 Å². The highest BCUT2D eigenvalue weighted by Crippen LogP contribution is 2.22. The molecule has 0 aliphatic carbocycles. The van der Waals surface area contributed by atoms with Gasteiger partial charge in [-0.05, 0) is 18.1 Å². The highest BCUT2D eigenvalue weighted by Gasteiger charge is 2.23. The first-order valence-corrected chi connectivity index (χ1v) is 9.67. The van der Waals surface area contributed by atoms with Crippen molar-refractivity contribution in [1.29, 1.82) is 0 Å². The van der Waals surface area contributed by atoms with Crippen LogP contribution in [0.15, 0.2) is 24.3 Å². The summed E-state index contributed by atoms with van der Waals surface area (Å²) in [6.07, 6.45) is 0. The molecule has 1 fully saturated rings. The number of nitrogens with one attached hydrogen (secondary N) is 1. The number of nitrogens with two attached hydrogens (primary N) is 1. The Morgan fingerprint density at radius 2 is 1.89 bits per heavy atom. The summed E-state index contributed by atoms with van der Waals surface area (Å²) in [6, 6.07) is 6.81. The van der Waals surface area contributed by atoms with Gasteiger partial charge in [0.05, 0.1) is 17.6 Å². The zero-order valence-corrected chi connectivity index (χ0v) is 16.7. The van der Waals surface area contributed by atoms with Crippen molar-refractivity contribution in [1.82, 2.24) is 15.1 Å². The molecular weight excluding hydrogens is 368 g/mol. The number of benzene rings is 1. The summed E-state index contributed by atoms with van der Waals surface area (Å²) in [7, 11) is 0. The van der Waals surface area contributed by atoms with E-state index in [1.807, 2.05) is 32.0 Å². The molecule has 1 atom stereocenters. The van der Waals surface area contributed by atoms with Crippen molar-refractivity contribution in [2.24, 2.45) is 11.7 Å². The van der Waals surface area contributed by atoms with Crippen molar-refractivity contribution in [2.75, 3.05) is 45.9 Å². The van der Waals surface area contributed by atoms with Crippen LogP contribution in [0.4, 0.5) is 0 Å².